The van der Waals surface area contributed by atoms with Crippen molar-refractivity contribution in [3.63, 3.8) is 0 Å². The first-order valence-electron chi connectivity index (χ1n) is 3.33. The maximum atomic E-state index is 10.8. The van der Waals surface area contributed by atoms with E-state index in [1.807, 2.05) is 6.92 Å². The molecule has 2 heteroatoms. The van der Waals surface area contributed by atoms with Crippen molar-refractivity contribution in [2.45, 2.75) is 32.6 Å². The van der Waals surface area contributed by atoms with Crippen molar-refractivity contribution < 1.29 is 4.79 Å². The van der Waals surface area contributed by atoms with Gasteiger partial charge in [0.1, 0.15) is 5.78 Å². The lowest BCUT2D eigenvalue weighted by Crippen LogP contribution is -2.14. The zero-order chi connectivity index (χ0) is 5.98. The summed E-state index contributed by atoms with van der Waals surface area (Å²) in [5, 5.41) is 0. The number of ketones is 1. The van der Waals surface area contributed by atoms with Gasteiger partial charge in [0.05, 0.1) is 0 Å². The molecule has 1 saturated carbocycles. The Labute approximate surface area is 56.2 Å². The second kappa shape index (κ2) is 3.62. The fourth-order valence-electron chi connectivity index (χ4n) is 1.16. The van der Waals surface area contributed by atoms with Gasteiger partial charge < -0.3 is 6.15 Å². The summed E-state index contributed by atoms with van der Waals surface area (Å²) in [5.74, 6) is 0.833. The SMILES string of the molecule is CC1CCCCC1=O.N. The lowest BCUT2D eigenvalue weighted by molar-refractivity contribution is -0.123. The highest BCUT2D eigenvalue weighted by Crippen LogP contribution is 2.18. The first kappa shape index (κ1) is 8.63. The first-order chi connectivity index (χ1) is 3.80. The number of Topliss-reactive ketones (excluding diaryl/α,β-unsaturated/α-hetero) is 1. The molecule has 1 rings (SSSR count). The topological polar surface area (TPSA) is 52.1 Å². The van der Waals surface area contributed by atoms with Crippen LogP contribution in [0, 0.1) is 5.92 Å². The summed E-state index contributed by atoms with van der Waals surface area (Å²) in [6.07, 6.45) is 4.34. The predicted octanol–water partition coefficient (Wildman–Crippen LogP) is 1.93. The van der Waals surface area contributed by atoms with Crippen LogP contribution in [0.15, 0.2) is 0 Å². The monoisotopic (exact) mass is 129 g/mol. The van der Waals surface area contributed by atoms with Gasteiger partial charge >= 0.3 is 0 Å². The van der Waals surface area contributed by atoms with Crippen molar-refractivity contribution in [3.8, 4) is 0 Å². The zero-order valence-corrected chi connectivity index (χ0v) is 6.02. The Morgan fingerprint density at radius 3 is 2.44 bits per heavy atom. The predicted molar refractivity (Wildman–Crippen MR) is 37.7 cm³/mol. The van der Waals surface area contributed by atoms with Crippen LogP contribution in [0.2, 0.25) is 0 Å². The van der Waals surface area contributed by atoms with Gasteiger partial charge in [-0.3, -0.25) is 4.79 Å². The molecule has 1 fully saturated rings. The van der Waals surface area contributed by atoms with Gasteiger partial charge in [-0.05, 0) is 12.8 Å². The average Bonchev–Trinajstić information content (AvgIpc) is 1.77. The molecule has 3 N–H and O–H groups in total. The third-order valence-corrected chi connectivity index (χ3v) is 1.86. The zero-order valence-electron chi connectivity index (χ0n) is 6.02. The molecule has 0 heterocycles. The highest BCUT2D eigenvalue weighted by molar-refractivity contribution is 5.81. The van der Waals surface area contributed by atoms with Crippen molar-refractivity contribution in [3.05, 3.63) is 0 Å². The molecule has 0 aromatic rings. The minimum absolute atomic E-state index is 0. The summed E-state index contributed by atoms with van der Waals surface area (Å²) in [6.45, 7) is 2.03. The van der Waals surface area contributed by atoms with E-state index in [0.717, 1.165) is 19.3 Å². The van der Waals surface area contributed by atoms with Crippen LogP contribution in [0.4, 0.5) is 0 Å². The maximum absolute atomic E-state index is 10.8. The van der Waals surface area contributed by atoms with Crippen LogP contribution in [0.1, 0.15) is 32.6 Å². The van der Waals surface area contributed by atoms with Crippen LogP contribution in [0.25, 0.3) is 0 Å². The highest BCUT2D eigenvalue weighted by atomic mass is 16.1. The molecule has 1 unspecified atom stereocenters. The number of hydrogen-bond acceptors (Lipinski definition) is 2. The van der Waals surface area contributed by atoms with Crippen LogP contribution < -0.4 is 6.15 Å². The van der Waals surface area contributed by atoms with E-state index >= 15 is 0 Å². The minimum Gasteiger partial charge on any atom is -0.344 e. The fourth-order valence-corrected chi connectivity index (χ4v) is 1.16. The summed E-state index contributed by atoms with van der Waals surface area (Å²) >= 11 is 0. The van der Waals surface area contributed by atoms with Crippen molar-refractivity contribution in [1.82, 2.24) is 6.15 Å². The Bertz CT molecular complexity index is 101. The van der Waals surface area contributed by atoms with E-state index in [-0.39, 0.29) is 6.15 Å². The van der Waals surface area contributed by atoms with E-state index in [0.29, 0.717) is 11.7 Å². The van der Waals surface area contributed by atoms with Gasteiger partial charge in [0.15, 0.2) is 0 Å². The molecule has 0 aromatic heterocycles. The van der Waals surface area contributed by atoms with E-state index in [4.69, 9.17) is 0 Å². The number of carbonyl (C=O) groups excluding carboxylic acids is 1. The molecular weight excluding hydrogens is 114 g/mol. The average molecular weight is 129 g/mol. The van der Waals surface area contributed by atoms with Crippen LogP contribution in [-0.4, -0.2) is 5.78 Å². The molecule has 1 atom stereocenters. The summed E-state index contributed by atoms with van der Waals surface area (Å²) in [6, 6.07) is 0. The van der Waals surface area contributed by atoms with Gasteiger partial charge in [0.25, 0.3) is 0 Å². The van der Waals surface area contributed by atoms with E-state index in [1.165, 1.54) is 6.42 Å². The van der Waals surface area contributed by atoms with Gasteiger partial charge in [-0.2, -0.15) is 0 Å². The molecule has 0 saturated heterocycles. The largest absolute Gasteiger partial charge is 0.344 e. The number of carbonyl (C=O) groups is 1. The Kier molecular flexibility index (Phi) is 3.47. The summed E-state index contributed by atoms with van der Waals surface area (Å²) in [5.41, 5.74) is 0. The number of hydrogen-bond donors (Lipinski definition) is 1. The Hall–Kier alpha value is -0.370. The quantitative estimate of drug-likeness (QED) is 0.543. The lowest BCUT2D eigenvalue weighted by atomic mass is 9.90. The standard InChI is InChI=1S/C7H12O.H3N/c1-6-4-2-3-5-7(6)8;/h6H,2-5H2,1H3;1H3. The maximum Gasteiger partial charge on any atom is 0.135 e. The van der Waals surface area contributed by atoms with E-state index in [2.05, 4.69) is 0 Å². The molecule has 0 amide bonds. The normalized spacial score (nSPS) is 27.2. The van der Waals surface area contributed by atoms with Crippen molar-refractivity contribution in [1.29, 1.82) is 0 Å². The Balaban J connectivity index is 0.000000640. The van der Waals surface area contributed by atoms with Crippen LogP contribution in [0.5, 0.6) is 0 Å². The summed E-state index contributed by atoms with van der Waals surface area (Å²) < 4.78 is 0. The fraction of sp³-hybridized carbons (Fsp3) is 0.857. The van der Waals surface area contributed by atoms with E-state index < -0.39 is 0 Å². The Morgan fingerprint density at radius 1 is 1.44 bits per heavy atom. The molecule has 0 radical (unpaired) electrons. The van der Waals surface area contributed by atoms with Crippen LogP contribution >= 0.6 is 0 Å². The van der Waals surface area contributed by atoms with Crippen molar-refractivity contribution in [2.75, 3.05) is 0 Å². The molecule has 0 spiro atoms. The van der Waals surface area contributed by atoms with Crippen molar-refractivity contribution in [2.24, 2.45) is 5.92 Å². The first-order valence-corrected chi connectivity index (χ1v) is 3.33. The van der Waals surface area contributed by atoms with Gasteiger partial charge in [0, 0.05) is 12.3 Å². The molecule has 0 aromatic carbocycles. The molecule has 9 heavy (non-hydrogen) atoms. The van der Waals surface area contributed by atoms with Gasteiger partial charge in [-0.1, -0.05) is 13.3 Å². The van der Waals surface area contributed by atoms with E-state index in [1.54, 1.807) is 0 Å². The van der Waals surface area contributed by atoms with E-state index in [9.17, 15) is 4.79 Å². The summed E-state index contributed by atoms with van der Waals surface area (Å²) in [7, 11) is 0. The van der Waals surface area contributed by atoms with Gasteiger partial charge in [-0.25, -0.2) is 0 Å². The molecule has 0 aliphatic heterocycles. The summed E-state index contributed by atoms with van der Waals surface area (Å²) in [4.78, 5) is 10.8. The molecular formula is C7H15NO. The third-order valence-electron chi connectivity index (χ3n) is 1.86. The minimum atomic E-state index is 0. The molecule has 0 bridgehead atoms. The van der Waals surface area contributed by atoms with Crippen LogP contribution in [-0.2, 0) is 4.79 Å². The van der Waals surface area contributed by atoms with Crippen LogP contribution in [0.3, 0.4) is 0 Å². The van der Waals surface area contributed by atoms with Gasteiger partial charge in [-0.15, -0.1) is 0 Å². The highest BCUT2D eigenvalue weighted by Gasteiger charge is 2.16. The molecule has 54 valence electrons. The second-order valence-electron chi connectivity index (χ2n) is 2.61. The smallest absolute Gasteiger partial charge is 0.135 e. The molecule has 1 aliphatic carbocycles. The Morgan fingerprint density at radius 2 is 2.11 bits per heavy atom. The number of rotatable bonds is 0. The van der Waals surface area contributed by atoms with Gasteiger partial charge in [0.2, 0.25) is 0 Å². The third kappa shape index (κ3) is 2.14. The lowest BCUT2D eigenvalue weighted by Gasteiger charge is -2.14. The van der Waals surface area contributed by atoms with Crippen molar-refractivity contribution >= 4 is 5.78 Å². The molecule has 2 nitrogen and oxygen atoms in total. The second-order valence-corrected chi connectivity index (χ2v) is 2.61. The molecule has 1 aliphatic rings.